The molecule has 0 saturated carbocycles. The molecule has 1 fully saturated rings. The first-order chi connectivity index (χ1) is 12.7. The summed E-state index contributed by atoms with van der Waals surface area (Å²) in [5.74, 6) is 0.905. The maximum absolute atomic E-state index is 12.6. The topological polar surface area (TPSA) is 49.6 Å². The van der Waals surface area contributed by atoms with E-state index in [-0.39, 0.29) is 5.91 Å². The average molecular weight is 452 g/mol. The Bertz CT molecular complexity index is 867. The third-order valence-corrected chi connectivity index (χ3v) is 6.86. The Hall–Kier alpha value is -1.48. The monoisotopic (exact) mass is 451 g/mol. The van der Waals surface area contributed by atoms with Gasteiger partial charge in [0.15, 0.2) is 10.8 Å². The molecule has 26 heavy (non-hydrogen) atoms. The molecule has 1 aliphatic heterocycles. The summed E-state index contributed by atoms with van der Waals surface area (Å²) in [4.78, 5) is 22.8. The third-order valence-electron chi connectivity index (χ3n) is 4.35. The number of halogens is 1. The lowest BCUT2D eigenvalue weighted by atomic mass is 10.2. The van der Waals surface area contributed by atoms with Gasteiger partial charge in [-0.15, -0.1) is 22.7 Å². The van der Waals surface area contributed by atoms with Crippen molar-refractivity contribution in [1.29, 1.82) is 0 Å². The predicted molar refractivity (Wildman–Crippen MR) is 107 cm³/mol. The van der Waals surface area contributed by atoms with Crippen molar-refractivity contribution in [2.45, 2.75) is 13.0 Å². The second-order valence-electron chi connectivity index (χ2n) is 6.16. The van der Waals surface area contributed by atoms with Crippen molar-refractivity contribution >= 4 is 44.5 Å². The van der Waals surface area contributed by atoms with Crippen LogP contribution in [0.1, 0.15) is 10.6 Å². The number of carbonyl (C=O) groups is 1. The molecule has 0 aliphatic carbocycles. The maximum Gasteiger partial charge on any atom is 0.228 e. The van der Waals surface area contributed by atoms with E-state index in [9.17, 15) is 4.79 Å². The highest BCUT2D eigenvalue weighted by atomic mass is 79.9. The van der Waals surface area contributed by atoms with Gasteiger partial charge >= 0.3 is 0 Å². The molecule has 0 aromatic carbocycles. The molecule has 4 heterocycles. The molecular formula is C18H18BrN3O2S2. The van der Waals surface area contributed by atoms with Gasteiger partial charge in [-0.3, -0.25) is 9.69 Å². The van der Waals surface area contributed by atoms with E-state index in [0.717, 1.165) is 49.2 Å². The first-order valence-electron chi connectivity index (χ1n) is 8.40. The molecule has 5 nitrogen and oxygen atoms in total. The fourth-order valence-electron chi connectivity index (χ4n) is 2.98. The van der Waals surface area contributed by atoms with Crippen LogP contribution in [-0.4, -0.2) is 46.9 Å². The number of hydrogen-bond donors (Lipinski definition) is 0. The SMILES string of the molecule is O=C(Cc1csc(-c2ccco2)n1)N1CCN(Cc2ccc(Br)s2)CC1. The van der Waals surface area contributed by atoms with Gasteiger partial charge in [0.2, 0.25) is 5.91 Å². The number of nitrogens with zero attached hydrogens (tertiary/aromatic N) is 3. The number of thiazole rings is 1. The fraction of sp³-hybridized carbons (Fsp3) is 0.333. The Morgan fingerprint density at radius 3 is 2.77 bits per heavy atom. The van der Waals surface area contributed by atoms with Crippen LogP contribution in [0.2, 0.25) is 0 Å². The lowest BCUT2D eigenvalue weighted by Crippen LogP contribution is -2.48. The van der Waals surface area contributed by atoms with Crippen molar-refractivity contribution in [2.24, 2.45) is 0 Å². The molecular weight excluding hydrogens is 434 g/mol. The van der Waals surface area contributed by atoms with Crippen molar-refractivity contribution in [3.8, 4) is 10.8 Å². The Balaban J connectivity index is 1.28. The van der Waals surface area contributed by atoms with Crippen molar-refractivity contribution in [3.63, 3.8) is 0 Å². The van der Waals surface area contributed by atoms with E-state index < -0.39 is 0 Å². The van der Waals surface area contributed by atoms with Gasteiger partial charge in [0.05, 0.1) is 22.2 Å². The summed E-state index contributed by atoms with van der Waals surface area (Å²) in [6, 6.07) is 7.97. The minimum absolute atomic E-state index is 0.153. The average Bonchev–Trinajstić information content (AvgIpc) is 3.37. The van der Waals surface area contributed by atoms with Crippen LogP contribution in [0.3, 0.4) is 0 Å². The van der Waals surface area contributed by atoms with E-state index in [1.54, 1.807) is 17.6 Å². The number of hydrogen-bond acceptors (Lipinski definition) is 6. The van der Waals surface area contributed by atoms with E-state index >= 15 is 0 Å². The Morgan fingerprint density at radius 1 is 1.23 bits per heavy atom. The molecule has 1 amide bonds. The second-order valence-corrected chi connectivity index (χ2v) is 9.57. The zero-order chi connectivity index (χ0) is 17.9. The Labute approximate surface area is 168 Å². The summed E-state index contributed by atoms with van der Waals surface area (Å²) in [7, 11) is 0. The minimum atomic E-state index is 0.153. The van der Waals surface area contributed by atoms with Crippen LogP contribution >= 0.6 is 38.6 Å². The number of thiophene rings is 1. The number of amides is 1. The van der Waals surface area contributed by atoms with E-state index in [4.69, 9.17) is 4.42 Å². The molecule has 0 atom stereocenters. The zero-order valence-corrected chi connectivity index (χ0v) is 17.3. The summed E-state index contributed by atoms with van der Waals surface area (Å²) in [5, 5.41) is 2.77. The predicted octanol–water partition coefficient (Wildman–Crippen LogP) is 4.11. The summed E-state index contributed by atoms with van der Waals surface area (Å²) < 4.78 is 6.53. The largest absolute Gasteiger partial charge is 0.462 e. The van der Waals surface area contributed by atoms with E-state index in [2.05, 4.69) is 37.9 Å². The van der Waals surface area contributed by atoms with Crippen LogP contribution in [0, 0.1) is 0 Å². The molecule has 1 saturated heterocycles. The quantitative estimate of drug-likeness (QED) is 0.585. The normalized spacial score (nSPS) is 15.5. The van der Waals surface area contributed by atoms with E-state index in [0.29, 0.717) is 6.42 Å². The maximum atomic E-state index is 12.6. The van der Waals surface area contributed by atoms with E-state index in [1.807, 2.05) is 22.4 Å². The standard InChI is InChI=1S/C18H18BrN3O2S2/c19-16-4-3-14(26-16)11-21-5-7-22(8-6-21)17(23)10-13-12-25-18(20-13)15-2-1-9-24-15/h1-4,9,12H,5-8,10-11H2. The van der Waals surface area contributed by atoms with Crippen molar-refractivity contribution in [3.05, 3.63) is 50.3 Å². The number of piperazine rings is 1. The molecule has 0 unspecified atom stereocenters. The van der Waals surface area contributed by atoms with Gasteiger partial charge in [0.25, 0.3) is 0 Å². The van der Waals surface area contributed by atoms with Crippen LogP contribution in [0.5, 0.6) is 0 Å². The molecule has 0 bridgehead atoms. The number of aromatic nitrogens is 1. The highest BCUT2D eigenvalue weighted by molar-refractivity contribution is 9.11. The van der Waals surface area contributed by atoms with Crippen molar-refractivity contribution < 1.29 is 9.21 Å². The lowest BCUT2D eigenvalue weighted by Gasteiger charge is -2.34. The van der Waals surface area contributed by atoms with Gasteiger partial charge in [0, 0.05) is 43.0 Å². The second kappa shape index (κ2) is 8.04. The fourth-order valence-corrected chi connectivity index (χ4v) is 5.29. The van der Waals surface area contributed by atoms with Crippen LogP contribution < -0.4 is 0 Å². The molecule has 0 N–H and O–H groups in total. The number of furan rings is 1. The molecule has 3 aromatic rings. The molecule has 0 spiro atoms. The van der Waals surface area contributed by atoms with Gasteiger partial charge in [-0.25, -0.2) is 4.98 Å². The highest BCUT2D eigenvalue weighted by Crippen LogP contribution is 2.25. The van der Waals surface area contributed by atoms with Gasteiger partial charge in [0.1, 0.15) is 0 Å². The molecule has 1 aliphatic rings. The van der Waals surface area contributed by atoms with Gasteiger partial charge < -0.3 is 9.32 Å². The number of rotatable bonds is 5. The van der Waals surface area contributed by atoms with Crippen LogP contribution in [0.25, 0.3) is 10.8 Å². The van der Waals surface area contributed by atoms with Gasteiger partial charge in [-0.1, -0.05) is 0 Å². The highest BCUT2D eigenvalue weighted by Gasteiger charge is 2.22. The van der Waals surface area contributed by atoms with Gasteiger partial charge in [-0.2, -0.15) is 0 Å². The molecule has 4 rings (SSSR count). The van der Waals surface area contributed by atoms with Crippen LogP contribution in [0.15, 0.2) is 44.1 Å². The minimum Gasteiger partial charge on any atom is -0.462 e. The van der Waals surface area contributed by atoms with Crippen molar-refractivity contribution in [2.75, 3.05) is 26.2 Å². The van der Waals surface area contributed by atoms with E-state index in [1.165, 1.54) is 20.0 Å². The summed E-state index contributed by atoms with van der Waals surface area (Å²) in [6.45, 7) is 4.34. The first-order valence-corrected chi connectivity index (χ1v) is 10.9. The Kier molecular flexibility index (Phi) is 5.54. The Morgan fingerprint density at radius 2 is 2.08 bits per heavy atom. The smallest absolute Gasteiger partial charge is 0.228 e. The summed E-state index contributed by atoms with van der Waals surface area (Å²) in [5.41, 5.74) is 0.817. The summed E-state index contributed by atoms with van der Waals surface area (Å²) >= 11 is 6.79. The molecule has 3 aromatic heterocycles. The van der Waals surface area contributed by atoms with Crippen LogP contribution in [0.4, 0.5) is 0 Å². The first kappa shape index (κ1) is 17.9. The zero-order valence-electron chi connectivity index (χ0n) is 14.1. The van der Waals surface area contributed by atoms with Crippen LogP contribution in [-0.2, 0) is 17.8 Å². The van der Waals surface area contributed by atoms with Gasteiger partial charge in [-0.05, 0) is 40.2 Å². The molecule has 0 radical (unpaired) electrons. The lowest BCUT2D eigenvalue weighted by molar-refractivity contribution is -0.132. The molecule has 136 valence electrons. The molecule has 8 heteroatoms. The summed E-state index contributed by atoms with van der Waals surface area (Å²) in [6.07, 6.45) is 1.99. The van der Waals surface area contributed by atoms with Crippen molar-refractivity contribution in [1.82, 2.24) is 14.8 Å². The third kappa shape index (κ3) is 4.25. The number of carbonyl (C=O) groups excluding carboxylic acids is 1.